The predicted molar refractivity (Wildman–Crippen MR) is 89.3 cm³/mol. The maximum absolute atomic E-state index is 12.8. The third-order valence-corrected chi connectivity index (χ3v) is 4.72. The van der Waals surface area contributed by atoms with E-state index in [9.17, 15) is 4.79 Å². The van der Waals surface area contributed by atoms with Gasteiger partial charge in [-0.1, -0.05) is 0 Å². The van der Waals surface area contributed by atoms with Gasteiger partial charge in [0.05, 0.1) is 24.4 Å². The second-order valence-corrected chi connectivity index (χ2v) is 6.28. The van der Waals surface area contributed by atoms with Crippen LogP contribution >= 0.6 is 0 Å². The zero-order valence-electron chi connectivity index (χ0n) is 14.3. The molecule has 2 aromatic heterocycles. The molecule has 2 aromatic rings. The number of carbonyl (C=O) groups excluding carboxylic acids is 1. The van der Waals surface area contributed by atoms with Gasteiger partial charge in [-0.05, 0) is 24.6 Å². The predicted octanol–water partition coefficient (Wildman–Crippen LogP) is 1.83. The first kappa shape index (κ1) is 16.4. The molecule has 1 N–H and O–H groups in total. The number of nitrogens with one attached hydrogen (secondary N) is 1. The van der Waals surface area contributed by atoms with Crippen LogP contribution in [-0.4, -0.2) is 46.0 Å². The summed E-state index contributed by atoms with van der Waals surface area (Å²) < 4.78 is 7.31. The Kier molecular flexibility index (Phi) is 4.53. The lowest BCUT2D eigenvalue weighted by molar-refractivity contribution is 0.152. The summed E-state index contributed by atoms with van der Waals surface area (Å²) in [5.41, 5.74) is 1.50. The van der Waals surface area contributed by atoms with Gasteiger partial charge in [-0.25, -0.2) is 4.79 Å². The van der Waals surface area contributed by atoms with Crippen LogP contribution in [0.5, 0.6) is 0 Å². The Morgan fingerprint density at radius 1 is 1.46 bits per heavy atom. The zero-order chi connectivity index (χ0) is 17.2. The molecule has 7 heteroatoms. The van der Waals surface area contributed by atoms with Crippen molar-refractivity contribution in [2.24, 2.45) is 7.05 Å². The smallest absolute Gasteiger partial charge is 0.318 e. The van der Waals surface area contributed by atoms with Crippen molar-refractivity contribution in [2.75, 3.05) is 20.3 Å². The average molecular weight is 329 g/mol. The molecule has 1 fully saturated rings. The van der Waals surface area contributed by atoms with Crippen LogP contribution in [-0.2, 0) is 17.3 Å². The first-order valence-electron chi connectivity index (χ1n) is 8.04. The molecule has 0 spiro atoms. The number of hydrogen-bond donors (Lipinski definition) is 1. The van der Waals surface area contributed by atoms with Crippen molar-refractivity contribution in [3.05, 3.63) is 48.0 Å². The van der Waals surface area contributed by atoms with Gasteiger partial charge in [0, 0.05) is 51.3 Å². The lowest BCUT2D eigenvalue weighted by atomic mass is 9.92. The van der Waals surface area contributed by atoms with Crippen molar-refractivity contribution in [3.8, 4) is 0 Å². The minimum atomic E-state index is -0.516. The Labute approximate surface area is 141 Å². The lowest BCUT2D eigenvalue weighted by Crippen LogP contribution is -2.51. The van der Waals surface area contributed by atoms with Gasteiger partial charge in [0.1, 0.15) is 0 Å². The van der Waals surface area contributed by atoms with E-state index in [4.69, 9.17) is 4.74 Å². The molecule has 1 saturated heterocycles. The Morgan fingerprint density at radius 2 is 2.21 bits per heavy atom. The van der Waals surface area contributed by atoms with Crippen LogP contribution < -0.4 is 5.32 Å². The van der Waals surface area contributed by atoms with E-state index in [0.717, 1.165) is 17.5 Å². The summed E-state index contributed by atoms with van der Waals surface area (Å²) in [6, 6.07) is 3.66. The molecule has 0 aromatic carbocycles. The summed E-state index contributed by atoms with van der Waals surface area (Å²) in [6.07, 6.45) is 7.93. The number of hydrogen-bond acceptors (Lipinski definition) is 4. The highest BCUT2D eigenvalue weighted by molar-refractivity contribution is 5.75. The van der Waals surface area contributed by atoms with Gasteiger partial charge in [0.2, 0.25) is 0 Å². The monoisotopic (exact) mass is 329 g/mol. The van der Waals surface area contributed by atoms with Crippen LogP contribution in [0.2, 0.25) is 0 Å². The molecule has 7 nitrogen and oxygen atoms in total. The number of urea groups is 1. The van der Waals surface area contributed by atoms with Gasteiger partial charge in [-0.2, -0.15) is 5.10 Å². The van der Waals surface area contributed by atoms with Crippen LogP contribution in [0.3, 0.4) is 0 Å². The summed E-state index contributed by atoms with van der Waals surface area (Å²) in [7, 11) is 3.67. The highest BCUT2D eigenvalue weighted by Gasteiger charge is 2.40. The van der Waals surface area contributed by atoms with Crippen LogP contribution in [0, 0.1) is 0 Å². The van der Waals surface area contributed by atoms with E-state index >= 15 is 0 Å². The maximum Gasteiger partial charge on any atom is 0.318 e. The van der Waals surface area contributed by atoms with E-state index in [1.807, 2.05) is 32.3 Å². The van der Waals surface area contributed by atoms with Crippen molar-refractivity contribution < 1.29 is 9.53 Å². The van der Waals surface area contributed by atoms with Crippen molar-refractivity contribution in [3.63, 3.8) is 0 Å². The summed E-state index contributed by atoms with van der Waals surface area (Å²) in [6.45, 7) is 3.08. The molecule has 128 valence electrons. The number of pyridine rings is 1. The maximum atomic E-state index is 12.8. The molecule has 0 aliphatic carbocycles. The number of aromatic nitrogens is 3. The number of ether oxygens (including phenoxy) is 1. The van der Waals surface area contributed by atoms with Crippen molar-refractivity contribution in [2.45, 2.75) is 24.9 Å². The fourth-order valence-corrected chi connectivity index (χ4v) is 2.97. The molecule has 1 aliphatic rings. The third kappa shape index (κ3) is 3.12. The van der Waals surface area contributed by atoms with E-state index < -0.39 is 5.54 Å². The van der Waals surface area contributed by atoms with E-state index in [0.29, 0.717) is 13.2 Å². The van der Waals surface area contributed by atoms with E-state index in [1.165, 1.54) is 0 Å². The molecule has 0 unspecified atom stereocenters. The topological polar surface area (TPSA) is 72.3 Å². The molecule has 0 bridgehead atoms. The van der Waals surface area contributed by atoms with Gasteiger partial charge < -0.3 is 15.0 Å². The number of rotatable bonds is 4. The Hall–Kier alpha value is -2.41. The van der Waals surface area contributed by atoms with Gasteiger partial charge in [-0.3, -0.25) is 9.67 Å². The van der Waals surface area contributed by atoms with Crippen LogP contribution in [0.15, 0.2) is 36.9 Å². The zero-order valence-corrected chi connectivity index (χ0v) is 14.3. The molecule has 0 radical (unpaired) electrons. The Balaban J connectivity index is 1.76. The van der Waals surface area contributed by atoms with Gasteiger partial charge in [-0.15, -0.1) is 0 Å². The van der Waals surface area contributed by atoms with E-state index in [1.54, 1.807) is 35.2 Å². The number of nitrogens with zero attached hydrogens (tertiary/aromatic N) is 4. The van der Waals surface area contributed by atoms with E-state index in [-0.39, 0.29) is 12.1 Å². The van der Waals surface area contributed by atoms with Crippen molar-refractivity contribution in [1.29, 1.82) is 0 Å². The average Bonchev–Trinajstić information content (AvgIpc) is 3.24. The first-order chi connectivity index (χ1) is 11.5. The molecule has 3 heterocycles. The standard InChI is InChI=1S/C17H23N5O2/c1-13(14-4-7-18-8-5-14)22(3)16(23)20-17(6-9-24-12-17)15-10-19-21(2)11-15/h4-5,7-8,10-11,13H,6,9,12H2,1-3H3,(H,20,23)/t13-,17-/m0/s1. The number of amides is 2. The molecule has 2 atom stereocenters. The molecule has 24 heavy (non-hydrogen) atoms. The van der Waals surface area contributed by atoms with Crippen LogP contribution in [0.4, 0.5) is 4.79 Å². The van der Waals surface area contributed by atoms with Gasteiger partial charge >= 0.3 is 6.03 Å². The van der Waals surface area contributed by atoms with Crippen LogP contribution in [0.25, 0.3) is 0 Å². The van der Waals surface area contributed by atoms with Crippen molar-refractivity contribution >= 4 is 6.03 Å². The largest absolute Gasteiger partial charge is 0.379 e. The molecule has 1 aliphatic heterocycles. The minimum Gasteiger partial charge on any atom is -0.379 e. The first-order valence-corrected chi connectivity index (χ1v) is 8.04. The van der Waals surface area contributed by atoms with E-state index in [2.05, 4.69) is 15.4 Å². The molecular weight excluding hydrogens is 306 g/mol. The van der Waals surface area contributed by atoms with Gasteiger partial charge in [0.15, 0.2) is 0 Å². The second kappa shape index (κ2) is 6.60. The normalized spacial score (nSPS) is 21.5. The number of carbonyl (C=O) groups is 1. The third-order valence-electron chi connectivity index (χ3n) is 4.72. The Bertz CT molecular complexity index is 694. The summed E-state index contributed by atoms with van der Waals surface area (Å²) in [4.78, 5) is 18.5. The lowest BCUT2D eigenvalue weighted by Gasteiger charge is -2.33. The molecular formula is C17H23N5O2. The number of aryl methyl sites for hydroxylation is 1. The van der Waals surface area contributed by atoms with Gasteiger partial charge in [0.25, 0.3) is 0 Å². The molecule has 3 rings (SSSR count). The SMILES string of the molecule is C[C@@H](c1ccncc1)N(C)C(=O)N[C@@]1(c2cnn(C)c2)CCOC1. The van der Waals surface area contributed by atoms with Crippen molar-refractivity contribution in [1.82, 2.24) is 25.0 Å². The molecule has 0 saturated carbocycles. The minimum absolute atomic E-state index is 0.0544. The summed E-state index contributed by atoms with van der Waals surface area (Å²) >= 11 is 0. The highest BCUT2D eigenvalue weighted by Crippen LogP contribution is 2.31. The Morgan fingerprint density at radius 3 is 2.79 bits per heavy atom. The van der Waals surface area contributed by atoms with Crippen LogP contribution in [0.1, 0.15) is 30.5 Å². The second-order valence-electron chi connectivity index (χ2n) is 6.28. The summed E-state index contributed by atoms with van der Waals surface area (Å²) in [5, 5.41) is 7.40. The fraction of sp³-hybridized carbons (Fsp3) is 0.471. The fourth-order valence-electron chi connectivity index (χ4n) is 2.97. The quantitative estimate of drug-likeness (QED) is 0.929. The highest BCUT2D eigenvalue weighted by atomic mass is 16.5. The summed E-state index contributed by atoms with van der Waals surface area (Å²) in [5.74, 6) is 0. The molecule has 2 amide bonds.